The number of rotatable bonds is 5. The lowest BCUT2D eigenvalue weighted by Crippen LogP contribution is -2.32. The van der Waals surface area contributed by atoms with E-state index >= 15 is 0 Å². The molecule has 0 aromatic heterocycles. The molecule has 3 rings (SSSR count). The van der Waals surface area contributed by atoms with Crippen LogP contribution in [-0.4, -0.2) is 5.91 Å². The van der Waals surface area contributed by atoms with E-state index in [1.807, 2.05) is 78.9 Å². The predicted octanol–water partition coefficient (Wildman–Crippen LogP) is 4.30. The monoisotopic (exact) mass is 320 g/mol. The second kappa shape index (κ2) is 7.63. The van der Waals surface area contributed by atoms with Gasteiger partial charge in [-0.05, 0) is 47.3 Å². The molecule has 0 fully saturated rings. The average Bonchev–Trinajstić information content (AvgIpc) is 2.63. The number of hydrogen-bond donors (Lipinski definition) is 2. The number of amides is 1. The minimum absolute atomic E-state index is 0.161. The summed E-state index contributed by atoms with van der Waals surface area (Å²) in [5, 5.41) is 0. The van der Waals surface area contributed by atoms with Crippen molar-refractivity contribution < 1.29 is 4.79 Å². The molecule has 3 aromatic carbocycles. The maximum atomic E-state index is 12.2. The Morgan fingerprint density at radius 3 is 2.13 bits per heavy atom. The van der Waals surface area contributed by atoms with Crippen molar-refractivity contribution in [1.29, 1.82) is 0 Å². The first-order valence-electron chi connectivity index (χ1n) is 7.26. The van der Waals surface area contributed by atoms with Crippen molar-refractivity contribution in [3.8, 4) is 11.1 Å². The summed E-state index contributed by atoms with van der Waals surface area (Å²) in [6.45, 7) is 0. The number of benzene rings is 3. The van der Waals surface area contributed by atoms with Gasteiger partial charge < -0.3 is 0 Å². The SMILES string of the molecule is O=C(NNSc1ccccc1)c1cccc(-c2ccccc2)c1. The molecule has 0 heterocycles. The maximum absolute atomic E-state index is 12.2. The molecule has 23 heavy (non-hydrogen) atoms. The molecule has 0 radical (unpaired) electrons. The van der Waals surface area contributed by atoms with Crippen LogP contribution < -0.4 is 10.3 Å². The van der Waals surface area contributed by atoms with Gasteiger partial charge in [0.05, 0.1) is 0 Å². The highest BCUT2D eigenvalue weighted by molar-refractivity contribution is 7.97. The second-order valence-corrected chi connectivity index (χ2v) is 5.80. The zero-order chi connectivity index (χ0) is 15.9. The Hall–Kier alpha value is -2.56. The summed E-state index contributed by atoms with van der Waals surface area (Å²) in [5.74, 6) is -0.161. The zero-order valence-electron chi connectivity index (χ0n) is 12.4. The lowest BCUT2D eigenvalue weighted by molar-refractivity contribution is 0.0947. The third-order valence-electron chi connectivity index (χ3n) is 3.31. The molecule has 114 valence electrons. The molecule has 0 unspecified atom stereocenters. The van der Waals surface area contributed by atoms with Crippen LogP contribution in [0.2, 0.25) is 0 Å². The Bertz CT molecular complexity index is 776. The van der Waals surface area contributed by atoms with Crippen LogP contribution in [0.3, 0.4) is 0 Å². The first-order chi connectivity index (χ1) is 11.3. The molecule has 1 amide bonds. The molecular formula is C19H16N2OS. The number of hydrogen-bond acceptors (Lipinski definition) is 3. The summed E-state index contributed by atoms with van der Waals surface area (Å²) in [6.07, 6.45) is 0. The van der Waals surface area contributed by atoms with Crippen molar-refractivity contribution in [2.75, 3.05) is 0 Å². The summed E-state index contributed by atoms with van der Waals surface area (Å²) < 4.78 is 0. The topological polar surface area (TPSA) is 41.1 Å². The first kappa shape index (κ1) is 15.3. The number of carbonyl (C=O) groups is 1. The highest BCUT2D eigenvalue weighted by Crippen LogP contribution is 2.20. The second-order valence-electron chi connectivity index (χ2n) is 4.92. The van der Waals surface area contributed by atoms with Gasteiger partial charge in [-0.15, -0.1) is 0 Å². The van der Waals surface area contributed by atoms with Crippen molar-refractivity contribution in [2.24, 2.45) is 0 Å². The smallest absolute Gasteiger partial charge is 0.266 e. The molecule has 0 spiro atoms. The van der Waals surface area contributed by atoms with E-state index in [0.29, 0.717) is 5.56 Å². The molecular weight excluding hydrogens is 304 g/mol. The summed E-state index contributed by atoms with van der Waals surface area (Å²) >= 11 is 1.36. The predicted molar refractivity (Wildman–Crippen MR) is 94.8 cm³/mol. The van der Waals surface area contributed by atoms with Crippen molar-refractivity contribution in [3.63, 3.8) is 0 Å². The standard InChI is InChI=1S/C19H16N2OS/c22-19(20-21-23-18-12-5-2-6-13-18)17-11-7-10-16(14-17)15-8-3-1-4-9-15/h1-14,21H,(H,20,22). The van der Waals surface area contributed by atoms with Gasteiger partial charge in [-0.25, -0.2) is 0 Å². The minimum atomic E-state index is -0.161. The molecule has 0 saturated carbocycles. The Morgan fingerprint density at radius 1 is 0.739 bits per heavy atom. The van der Waals surface area contributed by atoms with Crippen LogP contribution >= 0.6 is 11.9 Å². The molecule has 0 bridgehead atoms. The first-order valence-corrected chi connectivity index (χ1v) is 8.07. The van der Waals surface area contributed by atoms with Gasteiger partial charge >= 0.3 is 0 Å². The Morgan fingerprint density at radius 2 is 1.39 bits per heavy atom. The van der Waals surface area contributed by atoms with Gasteiger partial charge in [-0.3, -0.25) is 10.2 Å². The fourth-order valence-electron chi connectivity index (χ4n) is 2.16. The molecule has 0 aliphatic rings. The van der Waals surface area contributed by atoms with Gasteiger partial charge in [0.15, 0.2) is 0 Å². The van der Waals surface area contributed by atoms with Crippen molar-refractivity contribution in [3.05, 3.63) is 90.5 Å². The van der Waals surface area contributed by atoms with Gasteiger partial charge in [-0.2, -0.15) is 4.83 Å². The lowest BCUT2D eigenvalue weighted by atomic mass is 10.0. The Balaban J connectivity index is 1.64. The van der Waals surface area contributed by atoms with Crippen molar-refractivity contribution in [2.45, 2.75) is 4.90 Å². The quantitative estimate of drug-likeness (QED) is 0.544. The van der Waals surface area contributed by atoms with Crippen LogP contribution in [0.25, 0.3) is 11.1 Å². The molecule has 3 nitrogen and oxygen atoms in total. The van der Waals surface area contributed by atoms with Crippen LogP contribution in [0, 0.1) is 0 Å². The van der Waals surface area contributed by atoms with Gasteiger partial charge in [0.1, 0.15) is 0 Å². The van der Waals surface area contributed by atoms with Gasteiger partial charge in [0.25, 0.3) is 5.91 Å². The van der Waals surface area contributed by atoms with Crippen LogP contribution in [-0.2, 0) is 0 Å². The van der Waals surface area contributed by atoms with Crippen LogP contribution in [0.5, 0.6) is 0 Å². The fourth-order valence-corrected chi connectivity index (χ4v) is 2.72. The highest BCUT2D eigenvalue weighted by atomic mass is 32.2. The largest absolute Gasteiger partial charge is 0.277 e. The molecule has 0 aliphatic carbocycles. The van der Waals surface area contributed by atoms with E-state index in [2.05, 4.69) is 10.3 Å². The van der Waals surface area contributed by atoms with E-state index < -0.39 is 0 Å². The molecule has 0 aliphatic heterocycles. The maximum Gasteiger partial charge on any atom is 0.266 e. The fraction of sp³-hybridized carbons (Fsp3) is 0. The third-order valence-corrected chi connectivity index (χ3v) is 4.02. The van der Waals surface area contributed by atoms with Gasteiger partial charge in [0, 0.05) is 10.5 Å². The lowest BCUT2D eigenvalue weighted by Gasteiger charge is -2.08. The third kappa shape index (κ3) is 4.22. The van der Waals surface area contributed by atoms with E-state index in [0.717, 1.165) is 16.0 Å². The van der Waals surface area contributed by atoms with Crippen molar-refractivity contribution in [1.82, 2.24) is 10.3 Å². The van der Waals surface area contributed by atoms with Crippen molar-refractivity contribution >= 4 is 17.9 Å². The van der Waals surface area contributed by atoms with Crippen LogP contribution in [0.15, 0.2) is 89.8 Å². The van der Waals surface area contributed by atoms with E-state index in [1.54, 1.807) is 6.07 Å². The van der Waals surface area contributed by atoms with Crippen LogP contribution in [0.4, 0.5) is 0 Å². The van der Waals surface area contributed by atoms with Crippen LogP contribution in [0.1, 0.15) is 10.4 Å². The minimum Gasteiger partial charge on any atom is -0.277 e. The molecule has 2 N–H and O–H groups in total. The highest BCUT2D eigenvalue weighted by Gasteiger charge is 2.06. The number of hydrazine groups is 1. The molecule has 0 saturated heterocycles. The van der Waals surface area contributed by atoms with E-state index in [-0.39, 0.29) is 5.91 Å². The summed E-state index contributed by atoms with van der Waals surface area (Å²) in [6, 6.07) is 27.4. The van der Waals surface area contributed by atoms with E-state index in [1.165, 1.54) is 11.9 Å². The Kier molecular flexibility index (Phi) is 5.09. The molecule has 0 atom stereocenters. The van der Waals surface area contributed by atoms with E-state index in [9.17, 15) is 4.79 Å². The van der Waals surface area contributed by atoms with E-state index in [4.69, 9.17) is 0 Å². The average molecular weight is 320 g/mol. The molecule has 3 aromatic rings. The van der Waals surface area contributed by atoms with Gasteiger partial charge in [-0.1, -0.05) is 60.7 Å². The summed E-state index contributed by atoms with van der Waals surface area (Å²) in [5.41, 5.74) is 5.43. The summed E-state index contributed by atoms with van der Waals surface area (Å²) in [4.78, 5) is 16.1. The normalized spacial score (nSPS) is 10.3. The van der Waals surface area contributed by atoms with Gasteiger partial charge in [0.2, 0.25) is 0 Å². The summed E-state index contributed by atoms with van der Waals surface area (Å²) in [7, 11) is 0. The number of carbonyl (C=O) groups excluding carboxylic acids is 1. The zero-order valence-corrected chi connectivity index (χ0v) is 13.2. The molecule has 4 heteroatoms. The number of nitrogens with one attached hydrogen (secondary N) is 2. The Labute approximate surface area is 139 Å².